The number of ketones is 2. The molecule has 660 valence electrons. The number of allylic oxidation sites excluding steroid dienone is 4. The number of esters is 6. The third-order valence-corrected chi connectivity index (χ3v) is 19.7. The van der Waals surface area contributed by atoms with E-state index in [9.17, 15) is 38.4 Å². The fourth-order valence-electron chi connectivity index (χ4n) is 12.0. The van der Waals surface area contributed by atoms with Crippen molar-refractivity contribution in [1.82, 2.24) is 4.58 Å². The van der Waals surface area contributed by atoms with Gasteiger partial charge in [0.2, 0.25) is 16.9 Å². The molecule has 2 aliphatic carbocycles. The summed E-state index contributed by atoms with van der Waals surface area (Å²) in [6, 6.07) is 42.4. The second kappa shape index (κ2) is 47.7. The molecule has 0 amide bonds. The van der Waals surface area contributed by atoms with Crippen LogP contribution >= 0.6 is 46.4 Å². The van der Waals surface area contributed by atoms with E-state index >= 15 is 8.78 Å². The number of para-hydroxylation sites is 4. The summed E-state index contributed by atoms with van der Waals surface area (Å²) < 4.78 is 110. The molecule has 0 radical (unpaired) electrons. The lowest BCUT2D eigenvalue weighted by Gasteiger charge is -2.31. The highest BCUT2D eigenvalue weighted by Gasteiger charge is 2.35. The molecule has 0 saturated carbocycles. The van der Waals surface area contributed by atoms with Gasteiger partial charge >= 0.3 is 35.8 Å². The van der Waals surface area contributed by atoms with Crippen molar-refractivity contribution in [2.75, 3.05) is 177 Å². The van der Waals surface area contributed by atoms with Crippen LogP contribution in [0, 0.1) is 18.6 Å². The first kappa shape index (κ1) is 101. The van der Waals surface area contributed by atoms with Gasteiger partial charge in [-0.25, -0.2) is 22.9 Å². The van der Waals surface area contributed by atoms with Crippen molar-refractivity contribution in [2.45, 2.75) is 35.1 Å². The van der Waals surface area contributed by atoms with Gasteiger partial charge in [-0.05, 0) is 116 Å². The summed E-state index contributed by atoms with van der Waals surface area (Å²) in [6.45, 7) is 0.0308. The summed E-state index contributed by atoms with van der Waals surface area (Å²) in [5.41, 5.74) is 11.8. The molecule has 4 aliphatic rings. The number of hydrogen-bond donors (Lipinski definition) is 1. The minimum absolute atomic E-state index is 0. The zero-order valence-electron chi connectivity index (χ0n) is 68.1. The van der Waals surface area contributed by atoms with Crippen LogP contribution in [0.25, 0.3) is 33.4 Å². The Bertz CT molecular complexity index is 5290. The Kier molecular flexibility index (Phi) is 39.3. The number of ether oxygens (including phenoxy) is 13. The van der Waals surface area contributed by atoms with Crippen LogP contribution in [0.4, 0.5) is 31.5 Å². The third-order valence-electron chi connectivity index (χ3n) is 18.1. The molecule has 7 aromatic rings. The predicted octanol–water partition coefficient (Wildman–Crippen LogP) is 14.3. The van der Waals surface area contributed by atoms with Crippen LogP contribution in [0.1, 0.15) is 50.5 Å². The molecule has 11 rings (SSSR count). The molecule has 2 N–H and O–H groups in total. The van der Waals surface area contributed by atoms with E-state index in [1.54, 1.807) is 111 Å². The maximum atomic E-state index is 15.5. The van der Waals surface area contributed by atoms with Crippen LogP contribution in [0.2, 0.25) is 0 Å². The van der Waals surface area contributed by atoms with E-state index in [0.29, 0.717) is 90.9 Å². The Morgan fingerprint density at radius 1 is 0.455 bits per heavy atom. The topological polar surface area (TPSA) is 312 Å². The Hall–Kier alpha value is -12.4. The highest BCUT2D eigenvalue weighted by molar-refractivity contribution is 6.69. The fourth-order valence-corrected chi connectivity index (χ4v) is 12.8. The van der Waals surface area contributed by atoms with Gasteiger partial charge < -0.3 is 91.3 Å². The Morgan fingerprint density at radius 2 is 0.870 bits per heavy atom. The van der Waals surface area contributed by atoms with E-state index in [1.807, 2.05) is 86.2 Å². The zero-order chi connectivity index (χ0) is 87.8. The maximum absolute atomic E-state index is 15.5. The summed E-state index contributed by atoms with van der Waals surface area (Å²) in [5, 5.41) is 0.291. The van der Waals surface area contributed by atoms with Gasteiger partial charge in [-0.1, -0.05) is 105 Å². The number of rotatable bonds is 30. The van der Waals surface area contributed by atoms with Crippen molar-refractivity contribution in [3.05, 3.63) is 205 Å². The van der Waals surface area contributed by atoms with Crippen molar-refractivity contribution in [2.24, 2.45) is 5.73 Å². The minimum Gasteiger partial charge on any atom is -0.488 e. The molecule has 0 spiro atoms. The van der Waals surface area contributed by atoms with E-state index in [-0.39, 0.29) is 93.8 Å². The van der Waals surface area contributed by atoms with E-state index in [0.717, 1.165) is 33.1 Å². The molecule has 0 fully saturated rings. The highest BCUT2D eigenvalue weighted by atomic mass is 35.5. The van der Waals surface area contributed by atoms with Crippen LogP contribution in [0.15, 0.2) is 170 Å². The normalized spacial score (nSPS) is 12.1. The van der Waals surface area contributed by atoms with Crippen LogP contribution in [0.5, 0.6) is 46.0 Å². The molecular formula is C89H101Cl4F2N6O22+. The number of aryl methyl sites for hydroxylation is 1. The van der Waals surface area contributed by atoms with E-state index in [1.165, 1.54) is 71.6 Å². The van der Waals surface area contributed by atoms with Gasteiger partial charge in [0, 0.05) is 85.6 Å². The second-order valence-corrected chi connectivity index (χ2v) is 27.9. The third kappa shape index (κ3) is 25.9. The number of Topliss-reactive ketones (excluding diaryl/α,β-unsaturated/α-hetero) is 2. The van der Waals surface area contributed by atoms with Crippen LogP contribution in [0.3, 0.4) is 0 Å². The average Bonchev–Trinajstić information content (AvgIpc) is 0.745. The SMILES string of the molecule is C.C.C.CN.COC(=O)COc1ccccc1OCCOc1cc(-c2c3ccc(=[N+](C)C)cc-3oc3cc(N(C)C)ccc23)ccc1N(CC(=O)OC)CC(=O)OC.COC(=O)COc1ccccc1OCCOc1cc(C2c3cc(F)c(C)cc3Oc3cc(N(C)C)c(F)cc32)ccc1N(CC(=O)OC)CC(=O)OC.O=C1C(Cl)=C(Cl)C(=O)C(Cl)=C1Cl. The predicted molar refractivity (Wildman–Crippen MR) is 469 cm³/mol. The standard InChI is InChI=1S/C40H44N3O10.C39H40F2N2O10.C6Cl4O2.CH5N.3CH4/c1-41(2)27-13-15-29-34(21-27)53-35-22-28(42(3)4)14-16-30(35)40(29)26-12-17-31(43(23-37(44)47-5)24-38(45)48-6)36(20-26)51-19-18-50-32-10-8-9-11-33(32)52-25-39(46)49-7;1-23-15-33-25(17-27(23)40)39(26-18-28(41)30(42(2)3)19-34(26)53-33)24-11-12-29(43(20-36(44)47-4)21-37(45)48-5)35(16-24)51-14-13-50-31-9-7-8-10-32(31)52-22-38(46)49-6;7-1-2(8)6(12)4(10)3(9)5(1)11;1-2;;;/h8-17,20-22H,18-19,23-25H2,1-7H3;7-12,15-19,39H,13-14,20-22H2,1-6H3;;2H2,1H3;3*1H4/q+1;;;;;;. The quantitative estimate of drug-likeness (QED) is 0.0109. The highest BCUT2D eigenvalue weighted by Crippen LogP contribution is 2.51. The lowest BCUT2D eigenvalue weighted by Crippen LogP contribution is -2.36. The molecule has 123 heavy (non-hydrogen) atoms. The van der Waals surface area contributed by atoms with Crippen LogP contribution in [-0.4, -0.2) is 205 Å². The number of halogens is 6. The van der Waals surface area contributed by atoms with Gasteiger partial charge in [0.05, 0.1) is 65.8 Å². The second-order valence-electron chi connectivity index (χ2n) is 26.4. The number of fused-ring (bicyclic) bond motifs is 4. The number of nitrogens with two attached hydrogens (primary N) is 1. The summed E-state index contributed by atoms with van der Waals surface area (Å²) in [6.07, 6.45) is 0. The maximum Gasteiger partial charge on any atom is 0.343 e. The molecule has 0 aromatic heterocycles. The molecule has 2 aliphatic heterocycles. The zero-order valence-corrected chi connectivity index (χ0v) is 71.1. The first-order valence-electron chi connectivity index (χ1n) is 36.5. The summed E-state index contributed by atoms with van der Waals surface area (Å²) in [7, 11) is 20.4. The lowest BCUT2D eigenvalue weighted by molar-refractivity contribution is -0.143. The Balaban J connectivity index is 0.000000369. The van der Waals surface area contributed by atoms with Gasteiger partial charge in [-0.15, -0.1) is 0 Å². The minimum atomic E-state index is -0.729. The molecule has 28 nitrogen and oxygen atoms in total. The molecule has 0 bridgehead atoms. The van der Waals surface area contributed by atoms with Crippen molar-refractivity contribution < 1.29 is 113 Å². The largest absolute Gasteiger partial charge is 0.488 e. The van der Waals surface area contributed by atoms with Gasteiger partial charge in [0.25, 0.3) is 0 Å². The molecule has 1 atom stereocenters. The monoisotopic (exact) mass is 1780 g/mol. The first-order valence-corrected chi connectivity index (χ1v) is 38.0. The van der Waals surface area contributed by atoms with E-state index in [2.05, 4.69) is 15.2 Å². The van der Waals surface area contributed by atoms with Gasteiger partial charge in [-0.3, -0.25) is 28.8 Å². The van der Waals surface area contributed by atoms with Crippen LogP contribution < -0.4 is 68.4 Å². The number of nitrogens with zero attached hydrogens (tertiary/aromatic N) is 5. The Morgan fingerprint density at radius 3 is 1.30 bits per heavy atom. The van der Waals surface area contributed by atoms with Gasteiger partial charge in [0.15, 0.2) is 36.2 Å². The molecule has 0 saturated heterocycles. The molecule has 1 unspecified atom stereocenters. The molecule has 2 heterocycles. The number of carbonyl (C=O) groups excluding carboxylic acids is 8. The fraction of sp³-hybridized carbons (Fsp3) is 0.315. The number of carbonyl (C=O) groups is 8. The Labute approximate surface area is 732 Å². The number of methoxy groups -OCH3 is 6. The van der Waals surface area contributed by atoms with Gasteiger partial charge in [-0.2, -0.15) is 0 Å². The van der Waals surface area contributed by atoms with Crippen molar-refractivity contribution in [3.8, 4) is 68.4 Å². The summed E-state index contributed by atoms with van der Waals surface area (Å²) >= 11 is 21.5. The van der Waals surface area contributed by atoms with E-state index in [4.69, 9.17) is 103 Å². The number of benzene rings is 8. The summed E-state index contributed by atoms with van der Waals surface area (Å²) in [5.74, 6) is -3.03. The molecule has 34 heteroatoms. The van der Waals surface area contributed by atoms with Gasteiger partial charge in [0.1, 0.15) is 133 Å². The van der Waals surface area contributed by atoms with E-state index < -0.39 is 85.1 Å². The van der Waals surface area contributed by atoms with Crippen molar-refractivity contribution in [1.29, 1.82) is 0 Å². The smallest absolute Gasteiger partial charge is 0.343 e. The van der Waals surface area contributed by atoms with Crippen LogP contribution in [-0.2, 0) is 66.8 Å². The molecule has 7 aromatic carbocycles. The first-order chi connectivity index (χ1) is 57.4. The van der Waals surface area contributed by atoms with Crippen molar-refractivity contribution in [3.63, 3.8) is 0 Å². The summed E-state index contributed by atoms with van der Waals surface area (Å²) in [4.78, 5) is 102. The number of anilines is 4. The molecular weight excluding hydrogens is 1680 g/mol. The number of hydrogen-bond acceptors (Lipinski definition) is 27. The lowest BCUT2D eigenvalue weighted by atomic mass is 9.81. The van der Waals surface area contributed by atoms with Crippen molar-refractivity contribution >= 4 is 128 Å². The average molecular weight is 1790 g/mol.